The molecule has 3 heteroatoms. The summed E-state index contributed by atoms with van der Waals surface area (Å²) in [5, 5.41) is 0. The monoisotopic (exact) mass is 292 g/mol. The molecule has 1 nitrogen and oxygen atoms in total. The fraction of sp³-hybridized carbons (Fsp3) is 0.250. The molecule has 1 saturated heterocycles. The Kier molecular flexibility index (Phi) is 3.79. The Morgan fingerprint density at radius 3 is 1.37 bits per heavy atom. The predicted octanol–water partition coefficient (Wildman–Crippen LogP) is 4.98. The number of rotatable bonds is 4. The first-order chi connectivity index (χ1) is 9.31. The Balaban J connectivity index is 1.72. The molecule has 0 radical (unpaired) electrons. The first-order valence-electron chi connectivity index (χ1n) is 6.27. The summed E-state index contributed by atoms with van der Waals surface area (Å²) in [6.07, 6.45) is 0.345. The fourth-order valence-corrected chi connectivity index (χ4v) is 2.57. The van der Waals surface area contributed by atoms with Crippen molar-refractivity contribution < 1.29 is 4.74 Å². The van der Waals surface area contributed by atoms with Gasteiger partial charge in [0.2, 0.25) is 0 Å². The van der Waals surface area contributed by atoms with E-state index < -0.39 is 0 Å². The maximum absolute atomic E-state index is 5.79. The first-order valence-corrected chi connectivity index (χ1v) is 7.34. The third-order valence-electron chi connectivity index (χ3n) is 3.42. The van der Waals surface area contributed by atoms with Crippen LogP contribution in [0.1, 0.15) is 34.5 Å². The highest BCUT2D eigenvalue weighted by Crippen LogP contribution is 2.50. The van der Waals surface area contributed by atoms with E-state index in [9.17, 15) is 0 Å². The van der Waals surface area contributed by atoms with Crippen molar-refractivity contribution in [3.63, 3.8) is 0 Å². The first kappa shape index (κ1) is 13.0. The van der Waals surface area contributed by atoms with E-state index in [0.717, 1.165) is 11.1 Å². The van der Waals surface area contributed by atoms with Crippen molar-refractivity contribution in [1.82, 2.24) is 0 Å². The number of hydrogen-bond donors (Lipinski definition) is 0. The molecule has 98 valence electrons. The van der Waals surface area contributed by atoms with E-state index >= 15 is 0 Å². The standard InChI is InChI=1S/C16H14Cl2O/c17-9-11-1-5-13(6-2-11)15-16(19-15)14-7-3-12(10-18)4-8-14/h1-8,15-16H,9-10H2/t15-,16-/m0/s1. The molecule has 2 aromatic rings. The lowest BCUT2D eigenvalue weighted by Crippen LogP contribution is -1.86. The molecule has 0 unspecified atom stereocenters. The van der Waals surface area contributed by atoms with Gasteiger partial charge in [0.15, 0.2) is 0 Å². The molecule has 2 atom stereocenters. The Morgan fingerprint density at radius 1 is 0.684 bits per heavy atom. The van der Waals surface area contributed by atoms with E-state index in [1.807, 2.05) is 0 Å². The minimum Gasteiger partial charge on any atom is -0.359 e. The summed E-state index contributed by atoms with van der Waals surface area (Å²) in [6.45, 7) is 0. The summed E-state index contributed by atoms with van der Waals surface area (Å²) in [6, 6.07) is 16.6. The van der Waals surface area contributed by atoms with Crippen molar-refractivity contribution in [2.75, 3.05) is 0 Å². The summed E-state index contributed by atoms with van der Waals surface area (Å²) in [7, 11) is 0. The van der Waals surface area contributed by atoms with Crippen LogP contribution in [0.2, 0.25) is 0 Å². The van der Waals surface area contributed by atoms with Crippen LogP contribution in [0.3, 0.4) is 0 Å². The number of halogens is 2. The van der Waals surface area contributed by atoms with Gasteiger partial charge >= 0.3 is 0 Å². The second-order valence-corrected chi connectivity index (χ2v) is 5.26. The highest BCUT2D eigenvalue weighted by atomic mass is 35.5. The van der Waals surface area contributed by atoms with Crippen LogP contribution in [-0.4, -0.2) is 0 Å². The van der Waals surface area contributed by atoms with Gasteiger partial charge in [0.25, 0.3) is 0 Å². The molecule has 0 spiro atoms. The molecule has 0 bridgehead atoms. The average molecular weight is 293 g/mol. The zero-order valence-corrected chi connectivity index (χ0v) is 11.9. The fourth-order valence-electron chi connectivity index (χ4n) is 2.21. The Labute approximate surface area is 123 Å². The van der Waals surface area contributed by atoms with E-state index in [2.05, 4.69) is 48.5 Å². The largest absolute Gasteiger partial charge is 0.359 e. The van der Waals surface area contributed by atoms with Gasteiger partial charge in [0.05, 0.1) is 0 Å². The number of benzene rings is 2. The quantitative estimate of drug-likeness (QED) is 0.572. The van der Waals surface area contributed by atoms with Gasteiger partial charge in [0.1, 0.15) is 12.2 Å². The van der Waals surface area contributed by atoms with Crippen molar-refractivity contribution in [1.29, 1.82) is 0 Å². The van der Waals surface area contributed by atoms with Crippen molar-refractivity contribution in [3.05, 3.63) is 70.8 Å². The molecule has 0 amide bonds. The molecule has 19 heavy (non-hydrogen) atoms. The smallest absolute Gasteiger partial charge is 0.114 e. The zero-order valence-electron chi connectivity index (χ0n) is 10.4. The Bertz CT molecular complexity index is 496. The Hall–Kier alpha value is -1.02. The molecule has 1 heterocycles. The van der Waals surface area contributed by atoms with Gasteiger partial charge in [-0.05, 0) is 22.3 Å². The van der Waals surface area contributed by atoms with Gasteiger partial charge in [-0.2, -0.15) is 0 Å². The molecular formula is C16H14Cl2O. The molecule has 1 fully saturated rings. The van der Waals surface area contributed by atoms with Crippen LogP contribution < -0.4 is 0 Å². The molecule has 0 aliphatic carbocycles. The molecule has 2 aromatic carbocycles. The lowest BCUT2D eigenvalue weighted by atomic mass is 10.0. The number of ether oxygens (including phenoxy) is 1. The maximum atomic E-state index is 5.79. The van der Waals surface area contributed by atoms with E-state index in [1.54, 1.807) is 0 Å². The van der Waals surface area contributed by atoms with Crippen LogP contribution >= 0.6 is 23.2 Å². The minimum atomic E-state index is 0.172. The van der Waals surface area contributed by atoms with Gasteiger partial charge in [-0.25, -0.2) is 0 Å². The normalized spacial score (nSPS) is 21.4. The van der Waals surface area contributed by atoms with Crippen LogP contribution in [0, 0.1) is 0 Å². The van der Waals surface area contributed by atoms with Gasteiger partial charge in [-0.15, -0.1) is 23.2 Å². The topological polar surface area (TPSA) is 12.5 Å². The summed E-state index contributed by atoms with van der Waals surface area (Å²) >= 11 is 11.6. The molecule has 1 aliphatic rings. The van der Waals surface area contributed by atoms with Crippen LogP contribution in [0.25, 0.3) is 0 Å². The van der Waals surface area contributed by atoms with Crippen LogP contribution in [-0.2, 0) is 16.5 Å². The predicted molar refractivity (Wildman–Crippen MR) is 78.6 cm³/mol. The van der Waals surface area contributed by atoms with Crippen LogP contribution in [0.4, 0.5) is 0 Å². The second-order valence-electron chi connectivity index (χ2n) is 4.73. The molecule has 0 saturated carbocycles. The zero-order chi connectivity index (χ0) is 13.2. The van der Waals surface area contributed by atoms with E-state index in [-0.39, 0.29) is 12.2 Å². The van der Waals surface area contributed by atoms with Gasteiger partial charge < -0.3 is 4.74 Å². The van der Waals surface area contributed by atoms with Gasteiger partial charge in [0, 0.05) is 11.8 Å². The van der Waals surface area contributed by atoms with E-state index in [0.29, 0.717) is 11.8 Å². The number of hydrogen-bond acceptors (Lipinski definition) is 1. The van der Waals surface area contributed by atoms with Crippen molar-refractivity contribution >= 4 is 23.2 Å². The lowest BCUT2D eigenvalue weighted by Gasteiger charge is -2.00. The van der Waals surface area contributed by atoms with Gasteiger partial charge in [-0.3, -0.25) is 0 Å². The number of alkyl halides is 2. The van der Waals surface area contributed by atoms with E-state index in [4.69, 9.17) is 27.9 Å². The Morgan fingerprint density at radius 2 is 1.05 bits per heavy atom. The summed E-state index contributed by atoms with van der Waals surface area (Å²) in [5.41, 5.74) is 4.68. The third kappa shape index (κ3) is 2.79. The third-order valence-corrected chi connectivity index (χ3v) is 4.03. The maximum Gasteiger partial charge on any atom is 0.114 e. The van der Waals surface area contributed by atoms with E-state index in [1.165, 1.54) is 11.1 Å². The molecule has 3 rings (SSSR count). The number of epoxide rings is 1. The van der Waals surface area contributed by atoms with Gasteiger partial charge in [-0.1, -0.05) is 48.5 Å². The summed E-state index contributed by atoms with van der Waals surface area (Å²) < 4.78 is 5.77. The summed E-state index contributed by atoms with van der Waals surface area (Å²) in [5.74, 6) is 1.10. The average Bonchev–Trinajstić information content (AvgIpc) is 3.28. The van der Waals surface area contributed by atoms with Crippen LogP contribution in [0.5, 0.6) is 0 Å². The molecular weight excluding hydrogens is 279 g/mol. The molecule has 0 N–H and O–H groups in total. The molecule has 1 aliphatic heterocycles. The van der Waals surface area contributed by atoms with Crippen molar-refractivity contribution in [2.45, 2.75) is 24.0 Å². The summed E-state index contributed by atoms with van der Waals surface area (Å²) in [4.78, 5) is 0. The second kappa shape index (κ2) is 5.54. The van der Waals surface area contributed by atoms with Crippen molar-refractivity contribution in [2.24, 2.45) is 0 Å². The minimum absolute atomic E-state index is 0.172. The SMILES string of the molecule is ClCc1ccc([C@@H]2O[C@H]2c2ccc(CCl)cc2)cc1. The van der Waals surface area contributed by atoms with Crippen LogP contribution in [0.15, 0.2) is 48.5 Å². The highest BCUT2D eigenvalue weighted by molar-refractivity contribution is 6.17. The lowest BCUT2D eigenvalue weighted by molar-refractivity contribution is 0.377. The molecule has 0 aromatic heterocycles. The highest BCUT2D eigenvalue weighted by Gasteiger charge is 2.41. The van der Waals surface area contributed by atoms with Crippen molar-refractivity contribution in [3.8, 4) is 0 Å².